The van der Waals surface area contributed by atoms with Crippen LogP contribution in [0.1, 0.15) is 36.0 Å². The molecule has 1 saturated carbocycles. The molecule has 118 valence electrons. The Hall–Kier alpha value is -1.60. The number of nitrogens with one attached hydrogen (secondary N) is 1. The zero-order chi connectivity index (χ0) is 14.5. The second-order valence-electron chi connectivity index (χ2n) is 4.85. The maximum atomic E-state index is 12.4. The summed E-state index contributed by atoms with van der Waals surface area (Å²) in [5.74, 6) is 0.142. The lowest BCUT2D eigenvalue weighted by atomic mass is 9.91. The Labute approximate surface area is 130 Å². The van der Waals surface area contributed by atoms with Gasteiger partial charge in [-0.1, -0.05) is 0 Å². The summed E-state index contributed by atoms with van der Waals surface area (Å²) in [5.41, 5.74) is 6.09. The molecule has 1 aliphatic carbocycles. The van der Waals surface area contributed by atoms with Crippen molar-refractivity contribution >= 4 is 18.3 Å². The normalized spacial score (nSPS) is 21.1. The highest BCUT2D eigenvalue weighted by Gasteiger charge is 2.25. The van der Waals surface area contributed by atoms with Crippen molar-refractivity contribution in [2.45, 2.75) is 37.8 Å². The maximum absolute atomic E-state index is 12.4. The molecule has 0 spiro atoms. The summed E-state index contributed by atoms with van der Waals surface area (Å²) in [4.78, 5) is 20.2. The van der Waals surface area contributed by atoms with Gasteiger partial charge in [0.1, 0.15) is 6.33 Å². The summed E-state index contributed by atoms with van der Waals surface area (Å²) in [6.07, 6.45) is 4.90. The van der Waals surface area contributed by atoms with E-state index < -0.39 is 0 Å². The Balaban J connectivity index is 0.00000220. The van der Waals surface area contributed by atoms with Crippen molar-refractivity contribution < 1.29 is 14.3 Å². The van der Waals surface area contributed by atoms with Crippen LogP contribution >= 0.6 is 12.4 Å². The zero-order valence-electron chi connectivity index (χ0n) is 12.2. The van der Waals surface area contributed by atoms with E-state index in [1.165, 1.54) is 20.5 Å². The van der Waals surface area contributed by atoms with Crippen LogP contribution < -0.4 is 20.5 Å². The molecule has 1 aliphatic rings. The Morgan fingerprint density at radius 1 is 1.19 bits per heavy atom. The standard InChI is InChI=1S/C13H20N4O3.ClH/c1-19-12-10(13(20-2)16-7-15-12)11(18)17-9-5-3-8(14)4-6-9;/h7-9H,3-6,14H2,1-2H3,(H,17,18);1H. The third kappa shape index (κ3) is 4.18. The first-order chi connectivity index (χ1) is 9.65. The zero-order valence-corrected chi connectivity index (χ0v) is 13.0. The van der Waals surface area contributed by atoms with E-state index in [0.29, 0.717) is 0 Å². The minimum Gasteiger partial charge on any atom is -0.480 e. The average Bonchev–Trinajstić information content (AvgIpc) is 2.48. The van der Waals surface area contributed by atoms with Gasteiger partial charge in [0.05, 0.1) is 14.2 Å². The fourth-order valence-corrected chi connectivity index (χ4v) is 2.38. The Morgan fingerprint density at radius 2 is 1.71 bits per heavy atom. The van der Waals surface area contributed by atoms with Crippen LogP contribution in [-0.4, -0.2) is 42.2 Å². The summed E-state index contributed by atoms with van der Waals surface area (Å²) in [5, 5.41) is 2.97. The average molecular weight is 317 g/mol. The third-order valence-corrected chi connectivity index (χ3v) is 3.50. The first-order valence-corrected chi connectivity index (χ1v) is 6.65. The molecule has 21 heavy (non-hydrogen) atoms. The molecule has 0 unspecified atom stereocenters. The molecule has 0 bridgehead atoms. The summed E-state index contributed by atoms with van der Waals surface area (Å²) in [7, 11) is 2.91. The van der Waals surface area contributed by atoms with E-state index >= 15 is 0 Å². The molecule has 0 saturated heterocycles. The monoisotopic (exact) mass is 316 g/mol. The second-order valence-corrected chi connectivity index (χ2v) is 4.85. The summed E-state index contributed by atoms with van der Waals surface area (Å²) >= 11 is 0. The number of halogens is 1. The predicted octanol–water partition coefficient (Wildman–Crippen LogP) is 0.915. The molecule has 0 aromatic carbocycles. The number of carbonyl (C=O) groups is 1. The molecule has 8 heteroatoms. The number of methoxy groups -OCH3 is 2. The number of carbonyl (C=O) groups excluding carboxylic acids is 1. The van der Waals surface area contributed by atoms with Gasteiger partial charge in [-0.2, -0.15) is 0 Å². The number of aromatic nitrogens is 2. The minimum atomic E-state index is -0.278. The molecule has 1 aromatic heterocycles. The fourth-order valence-electron chi connectivity index (χ4n) is 2.38. The Bertz CT molecular complexity index is 456. The van der Waals surface area contributed by atoms with E-state index in [4.69, 9.17) is 15.2 Å². The maximum Gasteiger partial charge on any atom is 0.262 e. The molecule has 1 aromatic rings. The van der Waals surface area contributed by atoms with E-state index in [0.717, 1.165) is 25.7 Å². The number of nitrogens with two attached hydrogens (primary N) is 1. The number of ether oxygens (including phenoxy) is 2. The van der Waals surface area contributed by atoms with Crippen LogP contribution in [0.5, 0.6) is 11.8 Å². The van der Waals surface area contributed by atoms with Gasteiger partial charge in [-0.05, 0) is 25.7 Å². The number of rotatable bonds is 4. The molecule has 0 atom stereocenters. The highest BCUT2D eigenvalue weighted by atomic mass is 35.5. The first kappa shape index (κ1) is 17.5. The van der Waals surface area contributed by atoms with Crippen molar-refractivity contribution in [3.63, 3.8) is 0 Å². The first-order valence-electron chi connectivity index (χ1n) is 6.65. The van der Waals surface area contributed by atoms with Crippen LogP contribution in [0.3, 0.4) is 0 Å². The second kappa shape index (κ2) is 7.99. The van der Waals surface area contributed by atoms with E-state index in [1.807, 2.05) is 0 Å². The van der Waals surface area contributed by atoms with Crippen LogP contribution in [-0.2, 0) is 0 Å². The van der Waals surface area contributed by atoms with E-state index in [1.54, 1.807) is 0 Å². The number of amides is 1. The number of hydrogen-bond donors (Lipinski definition) is 2. The molecular weight excluding hydrogens is 296 g/mol. The Morgan fingerprint density at radius 3 is 2.19 bits per heavy atom. The SMILES string of the molecule is COc1ncnc(OC)c1C(=O)NC1CCC(N)CC1.Cl. The van der Waals surface area contributed by atoms with Gasteiger partial charge in [0.15, 0.2) is 5.56 Å². The lowest BCUT2D eigenvalue weighted by Gasteiger charge is -2.27. The largest absolute Gasteiger partial charge is 0.480 e. The summed E-state index contributed by atoms with van der Waals surface area (Å²) < 4.78 is 10.2. The van der Waals surface area contributed by atoms with Gasteiger partial charge in [0.25, 0.3) is 5.91 Å². The molecule has 0 aliphatic heterocycles. The van der Waals surface area contributed by atoms with Crippen molar-refractivity contribution in [3.05, 3.63) is 11.9 Å². The minimum absolute atomic E-state index is 0. The topological polar surface area (TPSA) is 99.4 Å². The smallest absolute Gasteiger partial charge is 0.262 e. The van der Waals surface area contributed by atoms with Crippen LogP contribution in [0.15, 0.2) is 6.33 Å². The lowest BCUT2D eigenvalue weighted by Crippen LogP contribution is -2.40. The molecule has 1 heterocycles. The molecule has 2 rings (SSSR count). The van der Waals surface area contributed by atoms with Crippen LogP contribution in [0.2, 0.25) is 0 Å². The van der Waals surface area contributed by atoms with Crippen LogP contribution in [0.25, 0.3) is 0 Å². The van der Waals surface area contributed by atoms with E-state index in [9.17, 15) is 4.79 Å². The van der Waals surface area contributed by atoms with Crippen molar-refractivity contribution in [2.75, 3.05) is 14.2 Å². The van der Waals surface area contributed by atoms with Gasteiger partial charge in [-0.15, -0.1) is 12.4 Å². The van der Waals surface area contributed by atoms with Crippen molar-refractivity contribution in [3.8, 4) is 11.8 Å². The molecule has 7 nitrogen and oxygen atoms in total. The van der Waals surface area contributed by atoms with Gasteiger partial charge < -0.3 is 20.5 Å². The lowest BCUT2D eigenvalue weighted by molar-refractivity contribution is 0.0917. The highest BCUT2D eigenvalue weighted by molar-refractivity contribution is 5.98. The van der Waals surface area contributed by atoms with Crippen molar-refractivity contribution in [2.24, 2.45) is 5.73 Å². The number of nitrogens with zero attached hydrogens (tertiary/aromatic N) is 2. The van der Waals surface area contributed by atoms with Crippen LogP contribution in [0, 0.1) is 0 Å². The number of hydrogen-bond acceptors (Lipinski definition) is 6. The van der Waals surface area contributed by atoms with Gasteiger partial charge in [0, 0.05) is 12.1 Å². The summed E-state index contributed by atoms with van der Waals surface area (Å²) in [6.45, 7) is 0. The van der Waals surface area contributed by atoms with Crippen molar-refractivity contribution in [1.29, 1.82) is 0 Å². The molecule has 0 radical (unpaired) electrons. The fraction of sp³-hybridized carbons (Fsp3) is 0.615. The van der Waals surface area contributed by atoms with E-state index in [-0.39, 0.29) is 47.7 Å². The third-order valence-electron chi connectivity index (χ3n) is 3.50. The quantitative estimate of drug-likeness (QED) is 0.856. The van der Waals surface area contributed by atoms with Gasteiger partial charge >= 0.3 is 0 Å². The van der Waals surface area contributed by atoms with Gasteiger partial charge in [-0.3, -0.25) is 4.79 Å². The predicted molar refractivity (Wildman–Crippen MR) is 80.1 cm³/mol. The van der Waals surface area contributed by atoms with Gasteiger partial charge in [-0.25, -0.2) is 9.97 Å². The van der Waals surface area contributed by atoms with E-state index in [2.05, 4.69) is 15.3 Å². The summed E-state index contributed by atoms with van der Waals surface area (Å²) in [6, 6.07) is 0.365. The highest BCUT2D eigenvalue weighted by Crippen LogP contribution is 2.24. The Kier molecular flexibility index (Phi) is 6.64. The molecular formula is C13H21ClN4O3. The van der Waals surface area contributed by atoms with Gasteiger partial charge in [0.2, 0.25) is 11.8 Å². The molecule has 1 amide bonds. The van der Waals surface area contributed by atoms with Crippen molar-refractivity contribution in [1.82, 2.24) is 15.3 Å². The molecule has 3 N–H and O–H groups in total. The molecule has 1 fully saturated rings. The van der Waals surface area contributed by atoms with Crippen LogP contribution in [0.4, 0.5) is 0 Å².